The van der Waals surface area contributed by atoms with Crippen molar-refractivity contribution < 1.29 is 40.4 Å². The van der Waals surface area contributed by atoms with E-state index in [1.807, 2.05) is 0 Å². The summed E-state index contributed by atoms with van der Waals surface area (Å²) in [5.41, 5.74) is -5.99. The summed E-state index contributed by atoms with van der Waals surface area (Å²) in [4.78, 5) is 11.7. The summed E-state index contributed by atoms with van der Waals surface area (Å²) in [5.74, 6) is -0.560. The maximum Gasteiger partial charge on any atom is 0.534 e. The van der Waals surface area contributed by atoms with Crippen molar-refractivity contribution in [2.45, 2.75) is 37.9 Å². The Morgan fingerprint density at radius 1 is 1.20 bits per heavy atom. The largest absolute Gasteiger partial charge is 0.534 e. The Labute approximate surface area is 142 Å². The molecule has 0 unspecified atom stereocenters. The molecule has 25 heavy (non-hydrogen) atoms. The minimum Gasteiger partial charge on any atom is -0.444 e. The number of amides is 1. The first kappa shape index (κ1) is 21.0. The molecule has 11 heteroatoms. The third kappa shape index (κ3) is 6.42. The van der Waals surface area contributed by atoms with Gasteiger partial charge in [0.25, 0.3) is 0 Å². The number of nitrogens with one attached hydrogen (secondary N) is 1. The minimum atomic E-state index is -5.77. The van der Waals surface area contributed by atoms with E-state index in [1.165, 1.54) is 12.1 Å². The van der Waals surface area contributed by atoms with Gasteiger partial charge in [-0.2, -0.15) is 21.6 Å². The smallest absolute Gasteiger partial charge is 0.444 e. The zero-order valence-electron chi connectivity index (χ0n) is 13.6. The summed E-state index contributed by atoms with van der Waals surface area (Å²) in [6.45, 7) is 4.43. The van der Waals surface area contributed by atoms with Crippen LogP contribution >= 0.6 is 0 Å². The van der Waals surface area contributed by atoms with Crippen molar-refractivity contribution in [1.29, 1.82) is 0 Å². The molecule has 7 nitrogen and oxygen atoms in total. The molecule has 0 saturated carbocycles. The van der Waals surface area contributed by atoms with Gasteiger partial charge < -0.3 is 19.3 Å². The van der Waals surface area contributed by atoms with Crippen LogP contribution in [0.3, 0.4) is 0 Å². The van der Waals surface area contributed by atoms with Gasteiger partial charge >= 0.3 is 21.7 Å². The Morgan fingerprint density at radius 3 is 2.12 bits per heavy atom. The highest BCUT2D eigenvalue weighted by atomic mass is 32.2. The number of alkyl halides is 3. The summed E-state index contributed by atoms with van der Waals surface area (Å²) in [7, 11) is -5.77. The highest BCUT2D eigenvalue weighted by Gasteiger charge is 2.48. The predicted molar refractivity (Wildman–Crippen MR) is 81.2 cm³/mol. The van der Waals surface area contributed by atoms with Crippen molar-refractivity contribution in [2.75, 3.05) is 6.61 Å². The second kappa shape index (κ2) is 7.48. The van der Waals surface area contributed by atoms with Crippen molar-refractivity contribution in [3.63, 3.8) is 0 Å². The van der Waals surface area contributed by atoms with Crippen LogP contribution < -0.4 is 9.50 Å². The van der Waals surface area contributed by atoms with E-state index in [4.69, 9.17) is 4.74 Å². The van der Waals surface area contributed by atoms with E-state index in [0.717, 1.165) is 12.1 Å². The molecule has 0 aliphatic carbocycles. The van der Waals surface area contributed by atoms with E-state index in [0.29, 0.717) is 5.56 Å². The average Bonchev–Trinajstić information content (AvgIpc) is 2.42. The molecular weight excluding hydrogens is 367 g/mol. The molecule has 1 aromatic carbocycles. The van der Waals surface area contributed by atoms with Crippen molar-refractivity contribution in [1.82, 2.24) is 5.32 Å². The van der Waals surface area contributed by atoms with Crippen molar-refractivity contribution in [3.05, 3.63) is 29.8 Å². The lowest BCUT2D eigenvalue weighted by Gasteiger charge is -2.23. The number of ether oxygens (including phenoxy) is 1. The van der Waals surface area contributed by atoms with Gasteiger partial charge in [0.1, 0.15) is 11.4 Å². The molecule has 2 N–H and O–H groups in total. The fourth-order valence-electron chi connectivity index (χ4n) is 1.61. The average molecular weight is 385 g/mol. The van der Waals surface area contributed by atoms with Gasteiger partial charge in [0.2, 0.25) is 0 Å². The summed E-state index contributed by atoms with van der Waals surface area (Å²) in [6, 6.07) is 3.46. The van der Waals surface area contributed by atoms with Gasteiger partial charge in [-0.3, -0.25) is 0 Å². The van der Waals surface area contributed by atoms with Crippen LogP contribution in [0.25, 0.3) is 0 Å². The molecule has 0 saturated heterocycles. The molecule has 1 aromatic rings. The first-order valence-electron chi connectivity index (χ1n) is 6.96. The quantitative estimate of drug-likeness (QED) is 0.596. The Bertz CT molecular complexity index is 695. The van der Waals surface area contributed by atoms with Crippen LogP contribution in [0.4, 0.5) is 18.0 Å². The Hall–Kier alpha value is -2.01. The van der Waals surface area contributed by atoms with Gasteiger partial charge in [0.15, 0.2) is 0 Å². The topological polar surface area (TPSA) is 102 Å². The van der Waals surface area contributed by atoms with Crippen LogP contribution in [0.15, 0.2) is 24.3 Å². The van der Waals surface area contributed by atoms with Gasteiger partial charge in [-0.15, -0.1) is 0 Å². The van der Waals surface area contributed by atoms with Gasteiger partial charge in [-0.1, -0.05) is 12.1 Å². The van der Waals surface area contributed by atoms with E-state index in [1.54, 1.807) is 20.8 Å². The number of rotatable bonds is 5. The molecule has 0 aromatic heterocycles. The SMILES string of the molecule is CC(C)(C)OC(=O)N[C@H](CO)c1ccc(OS(=O)(=O)C(F)(F)F)cc1. The summed E-state index contributed by atoms with van der Waals surface area (Å²) in [6.07, 6.45) is -0.800. The lowest BCUT2D eigenvalue weighted by atomic mass is 10.1. The molecule has 0 aliphatic rings. The molecular formula is C14H18F3NO6S. The van der Waals surface area contributed by atoms with Gasteiger partial charge in [0.05, 0.1) is 12.6 Å². The summed E-state index contributed by atoms with van der Waals surface area (Å²) in [5, 5.41) is 11.7. The van der Waals surface area contributed by atoms with Crippen LogP contribution in [0.1, 0.15) is 32.4 Å². The monoisotopic (exact) mass is 385 g/mol. The molecule has 142 valence electrons. The molecule has 0 spiro atoms. The Balaban J connectivity index is 2.85. The number of benzene rings is 1. The molecule has 0 radical (unpaired) electrons. The second-order valence-corrected chi connectivity index (χ2v) is 7.47. The lowest BCUT2D eigenvalue weighted by molar-refractivity contribution is -0.0500. The molecule has 1 amide bonds. The number of hydrogen-bond donors (Lipinski definition) is 2. The number of halogens is 3. The molecule has 1 rings (SSSR count). The van der Waals surface area contributed by atoms with Gasteiger partial charge in [-0.25, -0.2) is 4.79 Å². The molecule has 1 atom stereocenters. The number of alkyl carbamates (subject to hydrolysis) is 1. The van der Waals surface area contributed by atoms with Crippen LogP contribution in [-0.2, 0) is 14.9 Å². The summed E-state index contributed by atoms with van der Waals surface area (Å²) >= 11 is 0. The van der Waals surface area contributed by atoms with Crippen LogP contribution in [0.5, 0.6) is 5.75 Å². The van der Waals surface area contributed by atoms with Crippen LogP contribution in [0.2, 0.25) is 0 Å². The van der Waals surface area contributed by atoms with Gasteiger partial charge in [-0.05, 0) is 38.5 Å². The van der Waals surface area contributed by atoms with E-state index >= 15 is 0 Å². The number of carbonyl (C=O) groups is 1. The second-order valence-electron chi connectivity index (χ2n) is 5.93. The number of hydrogen-bond acceptors (Lipinski definition) is 6. The highest BCUT2D eigenvalue weighted by molar-refractivity contribution is 7.88. The molecule has 0 heterocycles. The normalized spacial score (nSPS) is 13.9. The first-order chi connectivity index (χ1) is 11.2. The zero-order valence-corrected chi connectivity index (χ0v) is 14.4. The van der Waals surface area contributed by atoms with E-state index in [2.05, 4.69) is 9.50 Å². The minimum absolute atomic E-state index is 0.310. The standard InChI is InChI=1S/C14H18F3NO6S/c1-13(2,3)23-12(20)18-11(8-19)9-4-6-10(7-5-9)24-25(21,22)14(15,16)17/h4-7,11,19H,8H2,1-3H3,(H,18,20)/t11-/m1/s1. The Morgan fingerprint density at radius 2 is 1.72 bits per heavy atom. The summed E-state index contributed by atoms with van der Waals surface area (Å²) < 4.78 is 67.6. The lowest BCUT2D eigenvalue weighted by Crippen LogP contribution is -2.36. The van der Waals surface area contributed by atoms with Crippen molar-refractivity contribution in [3.8, 4) is 5.75 Å². The fourth-order valence-corrected chi connectivity index (χ4v) is 2.07. The Kier molecular flexibility index (Phi) is 6.29. The maximum absolute atomic E-state index is 12.3. The number of aliphatic hydroxyl groups is 1. The predicted octanol–water partition coefficient (Wildman–Crippen LogP) is 2.47. The first-order valence-corrected chi connectivity index (χ1v) is 8.37. The van der Waals surface area contributed by atoms with E-state index in [-0.39, 0.29) is 0 Å². The van der Waals surface area contributed by atoms with Crippen molar-refractivity contribution >= 4 is 16.2 Å². The molecule has 0 fully saturated rings. The fraction of sp³-hybridized carbons (Fsp3) is 0.500. The number of aliphatic hydroxyl groups excluding tert-OH is 1. The molecule has 0 bridgehead atoms. The maximum atomic E-state index is 12.3. The highest BCUT2D eigenvalue weighted by Crippen LogP contribution is 2.27. The van der Waals surface area contributed by atoms with E-state index in [9.17, 15) is 31.5 Å². The van der Waals surface area contributed by atoms with Crippen LogP contribution in [0, 0.1) is 0 Å². The van der Waals surface area contributed by atoms with Gasteiger partial charge in [0, 0.05) is 0 Å². The molecule has 0 aliphatic heterocycles. The third-order valence-electron chi connectivity index (χ3n) is 2.65. The van der Waals surface area contributed by atoms with Crippen LogP contribution in [-0.4, -0.2) is 37.3 Å². The number of carbonyl (C=O) groups excluding carboxylic acids is 1. The third-order valence-corrected chi connectivity index (χ3v) is 3.62. The van der Waals surface area contributed by atoms with E-state index < -0.39 is 45.7 Å². The van der Waals surface area contributed by atoms with Crippen molar-refractivity contribution in [2.24, 2.45) is 0 Å². The zero-order chi connectivity index (χ0) is 19.5.